The van der Waals surface area contributed by atoms with Gasteiger partial charge in [0.15, 0.2) is 0 Å². The number of nitrogens with one attached hydrogen (secondary N) is 1. The Hall–Kier alpha value is -0.510. The van der Waals surface area contributed by atoms with E-state index in [0.29, 0.717) is 22.5 Å². The Kier molecular flexibility index (Phi) is 6.59. The lowest BCUT2D eigenvalue weighted by atomic mass is 9.81. The van der Waals surface area contributed by atoms with E-state index in [4.69, 9.17) is 0 Å². The standard InChI is InChI=1S/C18H29NOS/c1-4-19-17-11-10-16(15-8-6-5-7-9-15)12-18(17)21-14(3)13(2)20/h5-9,13-14,16-20H,4,10-12H2,1-3H3. The number of thioether (sulfide) groups is 1. The lowest BCUT2D eigenvalue weighted by molar-refractivity contribution is 0.195. The normalized spacial score (nSPS) is 29.0. The maximum atomic E-state index is 9.81. The SMILES string of the molecule is CCNC1CCC(c2ccccc2)CC1SC(C)C(C)O. The first-order valence-corrected chi connectivity index (χ1v) is 9.18. The monoisotopic (exact) mass is 307 g/mol. The maximum absolute atomic E-state index is 9.81. The molecule has 1 saturated carbocycles. The third-order valence-electron chi connectivity index (χ3n) is 4.60. The van der Waals surface area contributed by atoms with Crippen molar-refractivity contribution in [3.63, 3.8) is 0 Å². The van der Waals surface area contributed by atoms with Crippen LogP contribution < -0.4 is 5.32 Å². The zero-order chi connectivity index (χ0) is 15.2. The van der Waals surface area contributed by atoms with Gasteiger partial charge in [-0.3, -0.25) is 0 Å². The molecular weight excluding hydrogens is 278 g/mol. The summed E-state index contributed by atoms with van der Waals surface area (Å²) in [5, 5.41) is 14.3. The molecule has 0 amide bonds. The van der Waals surface area contributed by atoms with Crippen molar-refractivity contribution in [1.82, 2.24) is 5.32 Å². The second-order valence-electron chi connectivity index (χ2n) is 6.21. The van der Waals surface area contributed by atoms with Gasteiger partial charge in [-0.2, -0.15) is 11.8 Å². The van der Waals surface area contributed by atoms with Crippen molar-refractivity contribution >= 4 is 11.8 Å². The summed E-state index contributed by atoms with van der Waals surface area (Å²) in [7, 11) is 0. The number of aliphatic hydroxyl groups is 1. The highest BCUT2D eigenvalue weighted by Gasteiger charge is 2.32. The molecule has 5 unspecified atom stereocenters. The Morgan fingerprint density at radius 3 is 2.57 bits per heavy atom. The van der Waals surface area contributed by atoms with Gasteiger partial charge in [0, 0.05) is 16.5 Å². The molecule has 2 nitrogen and oxygen atoms in total. The van der Waals surface area contributed by atoms with Gasteiger partial charge < -0.3 is 10.4 Å². The van der Waals surface area contributed by atoms with E-state index in [2.05, 4.69) is 49.5 Å². The van der Waals surface area contributed by atoms with Crippen LogP contribution in [-0.4, -0.2) is 34.3 Å². The van der Waals surface area contributed by atoms with Crippen molar-refractivity contribution in [1.29, 1.82) is 0 Å². The van der Waals surface area contributed by atoms with Gasteiger partial charge in [-0.15, -0.1) is 0 Å². The third-order valence-corrected chi connectivity index (χ3v) is 6.29. The highest BCUT2D eigenvalue weighted by atomic mass is 32.2. The molecule has 1 aliphatic carbocycles. The largest absolute Gasteiger partial charge is 0.392 e. The second-order valence-corrected chi connectivity index (χ2v) is 7.83. The molecule has 0 saturated heterocycles. The molecule has 1 aromatic carbocycles. The van der Waals surface area contributed by atoms with Crippen LogP contribution in [0.2, 0.25) is 0 Å². The molecule has 3 heteroatoms. The van der Waals surface area contributed by atoms with Crippen molar-refractivity contribution in [3.05, 3.63) is 35.9 Å². The van der Waals surface area contributed by atoms with Crippen molar-refractivity contribution < 1.29 is 5.11 Å². The summed E-state index contributed by atoms with van der Waals surface area (Å²) >= 11 is 1.96. The summed E-state index contributed by atoms with van der Waals surface area (Å²) in [6, 6.07) is 11.5. The molecule has 0 aliphatic heterocycles. The van der Waals surface area contributed by atoms with E-state index in [9.17, 15) is 5.11 Å². The van der Waals surface area contributed by atoms with Crippen LogP contribution in [0.1, 0.15) is 51.5 Å². The fourth-order valence-electron chi connectivity index (χ4n) is 3.19. The Balaban J connectivity index is 2.04. The fourth-order valence-corrected chi connectivity index (χ4v) is 4.74. The number of aliphatic hydroxyl groups excluding tert-OH is 1. The van der Waals surface area contributed by atoms with E-state index >= 15 is 0 Å². The van der Waals surface area contributed by atoms with Gasteiger partial charge in [0.1, 0.15) is 0 Å². The fraction of sp³-hybridized carbons (Fsp3) is 0.667. The first kappa shape index (κ1) is 16.9. The van der Waals surface area contributed by atoms with E-state index in [0.717, 1.165) is 6.54 Å². The van der Waals surface area contributed by atoms with Crippen LogP contribution in [-0.2, 0) is 0 Å². The van der Waals surface area contributed by atoms with Gasteiger partial charge in [0.2, 0.25) is 0 Å². The van der Waals surface area contributed by atoms with Crippen LogP contribution in [0.25, 0.3) is 0 Å². The first-order valence-electron chi connectivity index (χ1n) is 8.23. The van der Waals surface area contributed by atoms with Crippen LogP contribution in [0.15, 0.2) is 30.3 Å². The number of hydrogen-bond donors (Lipinski definition) is 2. The molecule has 5 atom stereocenters. The molecule has 21 heavy (non-hydrogen) atoms. The minimum Gasteiger partial charge on any atom is -0.392 e. The van der Waals surface area contributed by atoms with Crippen LogP contribution >= 0.6 is 11.8 Å². The quantitative estimate of drug-likeness (QED) is 0.838. The zero-order valence-electron chi connectivity index (χ0n) is 13.5. The molecule has 2 N–H and O–H groups in total. The molecule has 1 aliphatic rings. The summed E-state index contributed by atoms with van der Waals surface area (Å²) in [6.45, 7) is 7.26. The number of benzene rings is 1. The Morgan fingerprint density at radius 2 is 1.95 bits per heavy atom. The number of hydrogen-bond acceptors (Lipinski definition) is 3. The molecular formula is C18H29NOS. The Labute approximate surface area is 133 Å². The van der Waals surface area contributed by atoms with E-state index in [1.165, 1.54) is 24.8 Å². The molecule has 0 heterocycles. The lowest BCUT2D eigenvalue weighted by Gasteiger charge is -2.38. The smallest absolute Gasteiger partial charge is 0.0628 e. The van der Waals surface area contributed by atoms with Crippen LogP contribution in [0.5, 0.6) is 0 Å². The second kappa shape index (κ2) is 8.21. The first-order chi connectivity index (χ1) is 10.1. The van der Waals surface area contributed by atoms with E-state index < -0.39 is 0 Å². The molecule has 0 spiro atoms. The van der Waals surface area contributed by atoms with Crippen molar-refractivity contribution in [3.8, 4) is 0 Å². The van der Waals surface area contributed by atoms with Crippen LogP contribution in [0.3, 0.4) is 0 Å². The predicted octanol–water partition coefficient (Wildman–Crippen LogP) is 3.80. The Morgan fingerprint density at radius 1 is 1.24 bits per heavy atom. The van der Waals surface area contributed by atoms with Gasteiger partial charge >= 0.3 is 0 Å². The molecule has 118 valence electrons. The topological polar surface area (TPSA) is 32.3 Å². The summed E-state index contributed by atoms with van der Waals surface area (Å²) in [6.07, 6.45) is 3.47. The molecule has 2 rings (SSSR count). The maximum Gasteiger partial charge on any atom is 0.0628 e. The molecule has 1 aromatic rings. The zero-order valence-corrected chi connectivity index (χ0v) is 14.3. The summed E-state index contributed by atoms with van der Waals surface area (Å²) < 4.78 is 0. The van der Waals surface area contributed by atoms with Crippen LogP contribution in [0, 0.1) is 0 Å². The van der Waals surface area contributed by atoms with E-state index in [1.54, 1.807) is 0 Å². The predicted molar refractivity (Wildman–Crippen MR) is 93.0 cm³/mol. The molecule has 0 radical (unpaired) electrons. The van der Waals surface area contributed by atoms with Crippen molar-refractivity contribution in [2.45, 2.75) is 68.6 Å². The minimum atomic E-state index is -0.241. The van der Waals surface area contributed by atoms with Crippen molar-refractivity contribution in [2.24, 2.45) is 0 Å². The van der Waals surface area contributed by atoms with Gasteiger partial charge in [-0.25, -0.2) is 0 Å². The molecule has 0 bridgehead atoms. The highest BCUT2D eigenvalue weighted by molar-refractivity contribution is 8.00. The van der Waals surface area contributed by atoms with E-state index in [1.807, 2.05) is 18.7 Å². The summed E-state index contributed by atoms with van der Waals surface area (Å²) in [5.41, 5.74) is 1.47. The van der Waals surface area contributed by atoms with Gasteiger partial charge in [0.25, 0.3) is 0 Å². The minimum absolute atomic E-state index is 0.241. The van der Waals surface area contributed by atoms with E-state index in [-0.39, 0.29) is 6.10 Å². The highest BCUT2D eigenvalue weighted by Crippen LogP contribution is 2.40. The lowest BCUT2D eigenvalue weighted by Crippen LogP contribution is -2.43. The van der Waals surface area contributed by atoms with Gasteiger partial charge in [-0.05, 0) is 44.2 Å². The molecule has 0 aromatic heterocycles. The van der Waals surface area contributed by atoms with Gasteiger partial charge in [0.05, 0.1) is 6.10 Å². The van der Waals surface area contributed by atoms with Crippen LogP contribution in [0.4, 0.5) is 0 Å². The van der Waals surface area contributed by atoms with Gasteiger partial charge in [-0.1, -0.05) is 44.2 Å². The Bertz CT molecular complexity index is 409. The average Bonchev–Trinajstić information content (AvgIpc) is 2.50. The summed E-state index contributed by atoms with van der Waals surface area (Å²) in [5.74, 6) is 0.666. The summed E-state index contributed by atoms with van der Waals surface area (Å²) in [4.78, 5) is 0. The van der Waals surface area contributed by atoms with Crippen molar-refractivity contribution in [2.75, 3.05) is 6.54 Å². The third kappa shape index (κ3) is 4.73. The number of rotatable bonds is 6. The molecule has 1 fully saturated rings. The average molecular weight is 308 g/mol.